The Morgan fingerprint density at radius 1 is 1.33 bits per heavy atom. The summed E-state index contributed by atoms with van der Waals surface area (Å²) in [4.78, 5) is 15.8. The second-order valence-corrected chi connectivity index (χ2v) is 6.45. The summed E-state index contributed by atoms with van der Waals surface area (Å²) < 4.78 is 41.2. The molecule has 0 spiro atoms. The number of alkyl halides is 3. The smallest absolute Gasteiger partial charge is 0.374 e. The summed E-state index contributed by atoms with van der Waals surface area (Å²) in [5, 5.41) is 12.8. The van der Waals surface area contributed by atoms with Crippen molar-refractivity contribution in [1.82, 2.24) is 14.9 Å². The van der Waals surface area contributed by atoms with Gasteiger partial charge in [-0.3, -0.25) is 4.79 Å². The van der Waals surface area contributed by atoms with Crippen LogP contribution in [0.4, 0.5) is 13.2 Å². The van der Waals surface area contributed by atoms with Crippen LogP contribution in [0.25, 0.3) is 0 Å². The average molecular weight is 347 g/mol. The van der Waals surface area contributed by atoms with Gasteiger partial charge in [0.2, 0.25) is 11.5 Å². The highest BCUT2D eigenvalue weighted by atomic mass is 19.4. The van der Waals surface area contributed by atoms with Crippen molar-refractivity contribution in [2.45, 2.75) is 56.7 Å². The van der Waals surface area contributed by atoms with Gasteiger partial charge in [-0.15, -0.1) is 0 Å². The Balaban J connectivity index is 1.99. The van der Waals surface area contributed by atoms with E-state index in [0.717, 1.165) is 43.1 Å². The Morgan fingerprint density at radius 3 is 2.46 bits per heavy atom. The predicted molar refractivity (Wildman–Crippen MR) is 82.0 cm³/mol. The minimum absolute atomic E-state index is 0.139. The van der Waals surface area contributed by atoms with Crippen LogP contribution < -0.4 is 5.32 Å². The van der Waals surface area contributed by atoms with Crippen LogP contribution >= 0.6 is 0 Å². The SMILES string of the molecule is Cn1ccnc1C(O)(CCNC(=O)C1CCCCCC1)C(F)(F)F. The van der Waals surface area contributed by atoms with E-state index in [1.54, 1.807) is 0 Å². The molecule has 24 heavy (non-hydrogen) atoms. The van der Waals surface area contributed by atoms with Gasteiger partial charge in [-0.2, -0.15) is 13.2 Å². The number of aliphatic hydroxyl groups is 1. The van der Waals surface area contributed by atoms with E-state index in [2.05, 4.69) is 10.3 Å². The van der Waals surface area contributed by atoms with Crippen molar-refractivity contribution in [1.29, 1.82) is 0 Å². The molecule has 1 fully saturated rings. The van der Waals surface area contributed by atoms with Crippen molar-refractivity contribution in [3.05, 3.63) is 18.2 Å². The summed E-state index contributed by atoms with van der Waals surface area (Å²) in [5.74, 6) is -0.834. The minimum Gasteiger partial charge on any atom is -0.374 e. The number of aryl methyl sites for hydroxylation is 1. The summed E-state index contributed by atoms with van der Waals surface area (Å²) in [5.41, 5.74) is -3.08. The third-order valence-corrected chi connectivity index (χ3v) is 4.67. The van der Waals surface area contributed by atoms with Crippen LogP contribution in [0, 0.1) is 5.92 Å². The molecule has 8 heteroatoms. The zero-order valence-corrected chi connectivity index (χ0v) is 13.8. The predicted octanol–water partition coefficient (Wildman–Crippen LogP) is 2.65. The molecule has 0 saturated heterocycles. The second kappa shape index (κ2) is 7.55. The lowest BCUT2D eigenvalue weighted by Gasteiger charge is -2.30. The summed E-state index contributed by atoms with van der Waals surface area (Å²) in [6.07, 6.45) is 2.68. The minimum atomic E-state index is -4.88. The van der Waals surface area contributed by atoms with E-state index in [0.29, 0.717) is 0 Å². The molecular formula is C16H24F3N3O2. The van der Waals surface area contributed by atoms with Crippen LogP contribution in [-0.2, 0) is 17.4 Å². The molecule has 1 amide bonds. The van der Waals surface area contributed by atoms with E-state index >= 15 is 0 Å². The fourth-order valence-corrected chi connectivity index (χ4v) is 3.20. The van der Waals surface area contributed by atoms with Crippen LogP contribution in [0.1, 0.15) is 50.8 Å². The third kappa shape index (κ3) is 4.09. The lowest BCUT2D eigenvalue weighted by atomic mass is 9.96. The molecule has 1 heterocycles. The quantitative estimate of drug-likeness (QED) is 0.805. The van der Waals surface area contributed by atoms with E-state index in [1.807, 2.05) is 0 Å². The van der Waals surface area contributed by atoms with Crippen molar-refractivity contribution in [2.24, 2.45) is 13.0 Å². The molecule has 1 atom stereocenters. The lowest BCUT2D eigenvalue weighted by molar-refractivity contribution is -0.272. The Morgan fingerprint density at radius 2 is 1.96 bits per heavy atom. The zero-order valence-electron chi connectivity index (χ0n) is 13.8. The Labute approximate surface area is 139 Å². The van der Waals surface area contributed by atoms with Crippen LogP contribution in [0.3, 0.4) is 0 Å². The monoisotopic (exact) mass is 347 g/mol. The van der Waals surface area contributed by atoms with E-state index in [9.17, 15) is 23.1 Å². The van der Waals surface area contributed by atoms with Gasteiger partial charge in [-0.1, -0.05) is 25.7 Å². The van der Waals surface area contributed by atoms with Crippen molar-refractivity contribution in [2.75, 3.05) is 6.54 Å². The molecular weight excluding hydrogens is 323 g/mol. The highest BCUT2D eigenvalue weighted by Gasteiger charge is 2.57. The number of nitrogens with zero attached hydrogens (tertiary/aromatic N) is 2. The first-order valence-corrected chi connectivity index (χ1v) is 8.30. The number of imidazole rings is 1. The lowest BCUT2D eigenvalue weighted by Crippen LogP contribution is -2.47. The van der Waals surface area contributed by atoms with Crippen molar-refractivity contribution in [3.8, 4) is 0 Å². The van der Waals surface area contributed by atoms with E-state index in [-0.39, 0.29) is 18.4 Å². The Hall–Kier alpha value is -1.57. The molecule has 1 unspecified atom stereocenters. The molecule has 0 aromatic carbocycles. The highest BCUT2D eigenvalue weighted by Crippen LogP contribution is 2.40. The second-order valence-electron chi connectivity index (χ2n) is 6.45. The first-order chi connectivity index (χ1) is 11.3. The molecule has 136 valence electrons. The van der Waals surface area contributed by atoms with E-state index in [4.69, 9.17) is 0 Å². The summed E-state index contributed by atoms with van der Waals surface area (Å²) in [6.45, 7) is -0.252. The largest absolute Gasteiger partial charge is 0.424 e. The summed E-state index contributed by atoms with van der Waals surface area (Å²) in [6, 6.07) is 0. The number of nitrogens with one attached hydrogen (secondary N) is 1. The highest BCUT2D eigenvalue weighted by molar-refractivity contribution is 5.78. The van der Waals surface area contributed by atoms with Crippen molar-refractivity contribution < 1.29 is 23.1 Å². The van der Waals surface area contributed by atoms with Gasteiger partial charge in [-0.05, 0) is 12.8 Å². The van der Waals surface area contributed by atoms with Crippen LogP contribution in [0.5, 0.6) is 0 Å². The van der Waals surface area contributed by atoms with Gasteiger partial charge in [0.05, 0.1) is 0 Å². The Bertz CT molecular complexity index is 551. The topological polar surface area (TPSA) is 67.2 Å². The van der Waals surface area contributed by atoms with Crippen LogP contribution in [-0.4, -0.2) is 33.3 Å². The average Bonchev–Trinajstić information content (AvgIpc) is 2.77. The number of hydrogen-bond acceptors (Lipinski definition) is 3. The fraction of sp³-hybridized carbons (Fsp3) is 0.750. The molecule has 1 aromatic heterocycles. The maximum absolute atomic E-state index is 13.4. The van der Waals surface area contributed by atoms with Crippen molar-refractivity contribution in [3.63, 3.8) is 0 Å². The van der Waals surface area contributed by atoms with Crippen molar-refractivity contribution >= 4 is 5.91 Å². The van der Waals surface area contributed by atoms with Gasteiger partial charge < -0.3 is 15.0 Å². The maximum Gasteiger partial charge on any atom is 0.424 e. The number of rotatable bonds is 5. The zero-order chi connectivity index (χ0) is 17.8. The first kappa shape index (κ1) is 18.8. The first-order valence-electron chi connectivity index (χ1n) is 8.30. The van der Waals surface area contributed by atoms with Crippen LogP contribution in [0.15, 0.2) is 12.4 Å². The molecule has 0 aliphatic heterocycles. The molecule has 1 aliphatic carbocycles. The van der Waals surface area contributed by atoms with Gasteiger partial charge in [-0.25, -0.2) is 4.98 Å². The maximum atomic E-state index is 13.4. The molecule has 1 aromatic rings. The standard InChI is InChI=1S/C16H24F3N3O2/c1-22-11-10-21-14(22)15(24,16(17,18)19)8-9-20-13(23)12-6-4-2-3-5-7-12/h10-12,24H,2-9H2,1H3,(H,20,23). The van der Waals surface area contributed by atoms with Gasteiger partial charge >= 0.3 is 6.18 Å². The summed E-state index contributed by atoms with van der Waals surface area (Å²) in [7, 11) is 1.39. The van der Waals surface area contributed by atoms with Gasteiger partial charge in [0.25, 0.3) is 0 Å². The molecule has 0 bridgehead atoms. The normalized spacial score (nSPS) is 19.5. The summed E-state index contributed by atoms with van der Waals surface area (Å²) >= 11 is 0. The Kier molecular flexibility index (Phi) is 5.90. The van der Waals surface area contributed by atoms with E-state index in [1.165, 1.54) is 19.4 Å². The number of carbonyl (C=O) groups is 1. The van der Waals surface area contributed by atoms with E-state index < -0.39 is 24.0 Å². The van der Waals surface area contributed by atoms with Gasteiger partial charge in [0.15, 0.2) is 0 Å². The molecule has 2 rings (SSSR count). The third-order valence-electron chi connectivity index (χ3n) is 4.67. The molecule has 2 N–H and O–H groups in total. The molecule has 1 saturated carbocycles. The molecule has 0 radical (unpaired) electrons. The van der Waals surface area contributed by atoms with Gasteiger partial charge in [0.1, 0.15) is 5.82 Å². The number of carbonyl (C=O) groups excluding carboxylic acids is 1. The number of halogens is 3. The fourth-order valence-electron chi connectivity index (χ4n) is 3.20. The number of amides is 1. The number of hydrogen-bond donors (Lipinski definition) is 2. The molecule has 5 nitrogen and oxygen atoms in total. The van der Waals surface area contributed by atoms with Crippen LogP contribution in [0.2, 0.25) is 0 Å². The van der Waals surface area contributed by atoms with Gasteiger partial charge in [0, 0.05) is 38.3 Å². The molecule has 1 aliphatic rings. The number of aromatic nitrogens is 2.